The molecule has 0 radical (unpaired) electrons. The summed E-state index contributed by atoms with van der Waals surface area (Å²) >= 11 is 0. The molecule has 1 heterocycles. The second-order valence-corrected chi connectivity index (χ2v) is 5.98. The van der Waals surface area contributed by atoms with Gasteiger partial charge in [0.15, 0.2) is 0 Å². The molecule has 0 saturated carbocycles. The number of aromatic nitrogens is 1. The topological polar surface area (TPSA) is 51.1 Å². The van der Waals surface area contributed by atoms with Gasteiger partial charge in [0.05, 0.1) is 5.52 Å². The van der Waals surface area contributed by atoms with Crippen LogP contribution in [0.1, 0.15) is 21.5 Å². The van der Waals surface area contributed by atoms with Crippen LogP contribution in [0.5, 0.6) is 0 Å². The lowest BCUT2D eigenvalue weighted by Gasteiger charge is -2.10. The molecule has 3 aromatic rings. The number of aryl methyl sites for hydroxylation is 2. The molecule has 1 N–H and O–H groups in total. The average molecular weight is 320 g/mol. The van der Waals surface area contributed by atoms with Crippen molar-refractivity contribution in [3.05, 3.63) is 81.6 Å². The van der Waals surface area contributed by atoms with E-state index >= 15 is 0 Å². The van der Waals surface area contributed by atoms with E-state index in [1.807, 2.05) is 55.5 Å². The number of benzene rings is 2. The van der Waals surface area contributed by atoms with Crippen LogP contribution in [-0.2, 0) is 13.5 Å². The van der Waals surface area contributed by atoms with Gasteiger partial charge in [-0.2, -0.15) is 0 Å². The first kappa shape index (κ1) is 16.0. The van der Waals surface area contributed by atoms with E-state index in [-0.39, 0.29) is 17.0 Å². The predicted molar refractivity (Wildman–Crippen MR) is 96.4 cm³/mol. The van der Waals surface area contributed by atoms with Gasteiger partial charge in [-0.15, -0.1) is 0 Å². The number of carbonyl (C=O) groups is 1. The molecule has 4 nitrogen and oxygen atoms in total. The molecule has 24 heavy (non-hydrogen) atoms. The Balaban J connectivity index is 1.82. The Hall–Kier alpha value is -2.88. The Morgan fingerprint density at radius 2 is 1.83 bits per heavy atom. The molecule has 0 aliphatic rings. The van der Waals surface area contributed by atoms with Crippen molar-refractivity contribution < 1.29 is 4.79 Å². The molecule has 0 aliphatic carbocycles. The molecule has 3 rings (SSSR count). The van der Waals surface area contributed by atoms with Crippen LogP contribution in [-0.4, -0.2) is 17.0 Å². The zero-order valence-electron chi connectivity index (χ0n) is 13.9. The maximum Gasteiger partial charge on any atom is 0.263 e. The van der Waals surface area contributed by atoms with E-state index in [1.54, 1.807) is 13.1 Å². The molecule has 0 bridgehead atoms. The van der Waals surface area contributed by atoms with Crippen molar-refractivity contribution >= 4 is 16.8 Å². The highest BCUT2D eigenvalue weighted by atomic mass is 16.2. The van der Waals surface area contributed by atoms with Crippen molar-refractivity contribution in [1.82, 2.24) is 9.88 Å². The van der Waals surface area contributed by atoms with Crippen LogP contribution in [0, 0.1) is 6.92 Å². The first-order valence-electron chi connectivity index (χ1n) is 7.99. The van der Waals surface area contributed by atoms with E-state index < -0.39 is 0 Å². The van der Waals surface area contributed by atoms with Crippen LogP contribution < -0.4 is 10.9 Å². The summed E-state index contributed by atoms with van der Waals surface area (Å²) < 4.78 is 1.53. The quantitative estimate of drug-likeness (QED) is 0.803. The maximum atomic E-state index is 12.4. The van der Waals surface area contributed by atoms with Gasteiger partial charge in [-0.1, -0.05) is 42.0 Å². The highest BCUT2D eigenvalue weighted by Gasteiger charge is 2.13. The number of nitrogens with zero attached hydrogens (tertiary/aromatic N) is 1. The average Bonchev–Trinajstić information content (AvgIpc) is 2.58. The molecule has 0 saturated heterocycles. The lowest BCUT2D eigenvalue weighted by Crippen LogP contribution is -2.33. The van der Waals surface area contributed by atoms with Crippen molar-refractivity contribution in [2.45, 2.75) is 13.3 Å². The fourth-order valence-corrected chi connectivity index (χ4v) is 2.83. The second-order valence-electron chi connectivity index (χ2n) is 5.98. The molecule has 122 valence electrons. The summed E-state index contributed by atoms with van der Waals surface area (Å²) in [5.74, 6) is -0.324. The standard InChI is InChI=1S/C20H20N2O2/c1-14-8-9-18-16(12-14)13-17(20(24)22(18)2)19(23)21-11-10-15-6-4-3-5-7-15/h3-9,12-13H,10-11H2,1-2H3,(H,21,23). The third kappa shape index (κ3) is 3.23. The summed E-state index contributed by atoms with van der Waals surface area (Å²) in [5, 5.41) is 3.74. The van der Waals surface area contributed by atoms with Crippen LogP contribution >= 0.6 is 0 Å². The van der Waals surface area contributed by atoms with Gasteiger partial charge >= 0.3 is 0 Å². The number of rotatable bonds is 4. The molecule has 0 unspecified atom stereocenters. The fraction of sp³-hybridized carbons (Fsp3) is 0.200. The first-order chi connectivity index (χ1) is 11.6. The highest BCUT2D eigenvalue weighted by Crippen LogP contribution is 2.15. The van der Waals surface area contributed by atoms with E-state index in [0.29, 0.717) is 6.54 Å². The number of carbonyl (C=O) groups excluding carboxylic acids is 1. The number of nitrogens with one attached hydrogen (secondary N) is 1. The SMILES string of the molecule is Cc1ccc2c(c1)cc(C(=O)NCCc1ccccc1)c(=O)n2C. The highest BCUT2D eigenvalue weighted by molar-refractivity contribution is 5.97. The van der Waals surface area contributed by atoms with Gasteiger partial charge in [-0.05, 0) is 42.5 Å². The number of pyridine rings is 1. The van der Waals surface area contributed by atoms with Crippen LogP contribution in [0.15, 0.2) is 59.4 Å². The maximum absolute atomic E-state index is 12.4. The minimum absolute atomic E-state index is 0.184. The zero-order valence-corrected chi connectivity index (χ0v) is 13.9. The van der Waals surface area contributed by atoms with Gasteiger partial charge in [-0.25, -0.2) is 0 Å². The largest absolute Gasteiger partial charge is 0.352 e. The summed E-state index contributed by atoms with van der Waals surface area (Å²) in [6.07, 6.45) is 0.736. The molecule has 0 spiro atoms. The molecule has 0 aliphatic heterocycles. The summed E-state index contributed by atoms with van der Waals surface area (Å²) in [7, 11) is 1.70. The third-order valence-electron chi connectivity index (χ3n) is 4.17. The van der Waals surface area contributed by atoms with Crippen molar-refractivity contribution in [2.75, 3.05) is 6.54 Å². The second kappa shape index (κ2) is 6.71. The molecular formula is C20H20N2O2. The smallest absolute Gasteiger partial charge is 0.263 e. The summed E-state index contributed by atoms with van der Waals surface area (Å²) in [5.41, 5.74) is 2.98. The number of amides is 1. The minimum atomic E-state index is -0.324. The van der Waals surface area contributed by atoms with Gasteiger partial charge in [0.25, 0.3) is 11.5 Å². The summed E-state index contributed by atoms with van der Waals surface area (Å²) in [6.45, 7) is 2.49. The Morgan fingerprint density at radius 3 is 2.58 bits per heavy atom. The zero-order chi connectivity index (χ0) is 17.1. The predicted octanol–water partition coefficient (Wildman–Crippen LogP) is 2.82. The molecule has 1 amide bonds. The van der Waals surface area contributed by atoms with Gasteiger partial charge in [0.2, 0.25) is 0 Å². The number of fused-ring (bicyclic) bond motifs is 1. The molecule has 4 heteroatoms. The number of hydrogen-bond acceptors (Lipinski definition) is 2. The van der Waals surface area contributed by atoms with Gasteiger partial charge in [0.1, 0.15) is 5.56 Å². The van der Waals surface area contributed by atoms with E-state index in [1.165, 1.54) is 4.57 Å². The summed E-state index contributed by atoms with van der Waals surface area (Å²) in [6, 6.07) is 17.5. The minimum Gasteiger partial charge on any atom is -0.352 e. The Kier molecular flexibility index (Phi) is 4.47. The van der Waals surface area contributed by atoms with Crippen molar-refractivity contribution in [3.63, 3.8) is 0 Å². The van der Waals surface area contributed by atoms with Crippen molar-refractivity contribution in [1.29, 1.82) is 0 Å². The summed E-state index contributed by atoms with van der Waals surface area (Å²) in [4.78, 5) is 24.9. The van der Waals surface area contributed by atoms with E-state index in [0.717, 1.165) is 28.5 Å². The van der Waals surface area contributed by atoms with Gasteiger partial charge < -0.3 is 9.88 Å². The fourth-order valence-electron chi connectivity index (χ4n) is 2.83. The van der Waals surface area contributed by atoms with Crippen molar-refractivity contribution in [3.8, 4) is 0 Å². The van der Waals surface area contributed by atoms with Crippen LogP contribution in [0.25, 0.3) is 10.9 Å². The van der Waals surface area contributed by atoms with Gasteiger partial charge in [-0.3, -0.25) is 9.59 Å². The van der Waals surface area contributed by atoms with E-state index in [9.17, 15) is 9.59 Å². The van der Waals surface area contributed by atoms with Crippen molar-refractivity contribution in [2.24, 2.45) is 7.05 Å². The molecule has 2 aromatic carbocycles. The Bertz CT molecular complexity index is 943. The van der Waals surface area contributed by atoms with E-state index in [4.69, 9.17) is 0 Å². The molecular weight excluding hydrogens is 300 g/mol. The van der Waals surface area contributed by atoms with Gasteiger partial charge in [0, 0.05) is 13.6 Å². The molecule has 0 atom stereocenters. The molecule has 1 aromatic heterocycles. The lowest BCUT2D eigenvalue weighted by atomic mass is 10.1. The van der Waals surface area contributed by atoms with Crippen LogP contribution in [0.4, 0.5) is 0 Å². The monoisotopic (exact) mass is 320 g/mol. The van der Waals surface area contributed by atoms with E-state index in [2.05, 4.69) is 5.32 Å². The Morgan fingerprint density at radius 1 is 1.08 bits per heavy atom. The lowest BCUT2D eigenvalue weighted by molar-refractivity contribution is 0.0952. The number of hydrogen-bond donors (Lipinski definition) is 1. The molecule has 0 fully saturated rings. The van der Waals surface area contributed by atoms with Crippen LogP contribution in [0.2, 0.25) is 0 Å². The van der Waals surface area contributed by atoms with Crippen LogP contribution in [0.3, 0.4) is 0 Å². The third-order valence-corrected chi connectivity index (χ3v) is 4.17. The Labute approximate surface area is 140 Å². The normalized spacial score (nSPS) is 10.8. The first-order valence-corrected chi connectivity index (χ1v) is 7.99.